The van der Waals surface area contributed by atoms with E-state index in [1.165, 1.54) is 0 Å². The Hall–Kier alpha value is -0.280. The van der Waals surface area contributed by atoms with Crippen LogP contribution in [-0.2, 0) is 0 Å². The number of halogens is 3. The molecule has 0 fully saturated rings. The monoisotopic (exact) mass is 468 g/mol. The minimum absolute atomic E-state index is 0.477. The molecule has 0 aliphatic carbocycles. The predicted molar refractivity (Wildman–Crippen MR) is 82.5 cm³/mol. The molecule has 0 aliphatic heterocycles. The lowest BCUT2D eigenvalue weighted by Crippen LogP contribution is -2.03. The van der Waals surface area contributed by atoms with Crippen LogP contribution < -0.4 is 5.73 Å². The van der Waals surface area contributed by atoms with Gasteiger partial charge in [0.15, 0.2) is 5.82 Å². The summed E-state index contributed by atoms with van der Waals surface area (Å²) in [7, 11) is 0. The van der Waals surface area contributed by atoms with Crippen molar-refractivity contribution in [2.45, 2.75) is 6.92 Å². The number of nitrogens with zero attached hydrogens (tertiary/aromatic N) is 3. The van der Waals surface area contributed by atoms with Gasteiger partial charge in [0.1, 0.15) is 11.5 Å². The summed E-state index contributed by atoms with van der Waals surface area (Å²) in [5, 5.41) is 0. The maximum atomic E-state index is 5.83. The smallest absolute Gasteiger partial charge is 0.181 e. The first-order valence-electron chi connectivity index (χ1n) is 4.60. The molecule has 7 heteroatoms. The normalized spacial score (nSPS) is 10.6. The summed E-state index contributed by atoms with van der Waals surface area (Å²) in [5.74, 6) is 1.00. The van der Waals surface area contributed by atoms with Crippen molar-refractivity contribution in [3.05, 3.63) is 30.5 Å². The molecule has 0 saturated heterocycles. The molecule has 0 spiro atoms. The molecule has 0 unspecified atom stereocenters. The van der Waals surface area contributed by atoms with Gasteiger partial charge in [-0.05, 0) is 67.4 Å². The first kappa shape index (κ1) is 13.2. The first-order chi connectivity index (χ1) is 7.99. The molecule has 2 heterocycles. The zero-order valence-corrected chi connectivity index (χ0v) is 14.0. The molecular formula is C10H7Br2IN4. The minimum Gasteiger partial charge on any atom is -0.383 e. The van der Waals surface area contributed by atoms with Gasteiger partial charge in [0, 0.05) is 15.1 Å². The third kappa shape index (κ3) is 2.76. The van der Waals surface area contributed by atoms with Crippen molar-refractivity contribution in [3.8, 4) is 11.5 Å². The molecule has 0 atom stereocenters. The molecule has 0 radical (unpaired) electrons. The lowest BCUT2D eigenvalue weighted by molar-refractivity contribution is 1.07. The zero-order chi connectivity index (χ0) is 12.6. The van der Waals surface area contributed by atoms with Gasteiger partial charge in [0.25, 0.3) is 0 Å². The van der Waals surface area contributed by atoms with Crippen LogP contribution in [0.2, 0.25) is 0 Å². The number of hydrogen-bond acceptors (Lipinski definition) is 4. The number of hydrogen-bond donors (Lipinski definition) is 1. The van der Waals surface area contributed by atoms with Crippen LogP contribution in [-0.4, -0.2) is 15.0 Å². The first-order valence-corrected chi connectivity index (χ1v) is 7.26. The molecule has 88 valence electrons. The SMILES string of the molecule is Cc1nc(-c2ncc(Br)cc2Br)nc(N)c1I. The Morgan fingerprint density at radius 3 is 2.59 bits per heavy atom. The second kappa shape index (κ2) is 5.15. The Morgan fingerprint density at radius 2 is 2.00 bits per heavy atom. The number of nitrogens with two attached hydrogens (primary N) is 1. The number of nitrogen functional groups attached to an aromatic ring is 1. The maximum Gasteiger partial charge on any atom is 0.181 e. The van der Waals surface area contributed by atoms with Crippen molar-refractivity contribution in [2.24, 2.45) is 0 Å². The van der Waals surface area contributed by atoms with Crippen molar-refractivity contribution in [2.75, 3.05) is 5.73 Å². The summed E-state index contributed by atoms with van der Waals surface area (Å²) in [6, 6.07) is 1.90. The van der Waals surface area contributed by atoms with Gasteiger partial charge in [-0.3, -0.25) is 4.98 Å². The van der Waals surface area contributed by atoms with Crippen LogP contribution in [0.3, 0.4) is 0 Å². The van der Waals surface area contributed by atoms with Crippen LogP contribution in [0.15, 0.2) is 21.2 Å². The quantitative estimate of drug-likeness (QED) is 0.649. The van der Waals surface area contributed by atoms with Crippen LogP contribution in [0.25, 0.3) is 11.5 Å². The molecule has 2 aromatic rings. The topological polar surface area (TPSA) is 64.7 Å². The molecule has 2 rings (SSSR count). The van der Waals surface area contributed by atoms with E-state index >= 15 is 0 Å². The van der Waals surface area contributed by atoms with Crippen molar-refractivity contribution in [1.82, 2.24) is 15.0 Å². The molecule has 2 N–H and O–H groups in total. The zero-order valence-electron chi connectivity index (χ0n) is 8.71. The van der Waals surface area contributed by atoms with E-state index in [4.69, 9.17) is 5.73 Å². The Morgan fingerprint density at radius 1 is 1.29 bits per heavy atom. The Labute approximate surface area is 129 Å². The van der Waals surface area contributed by atoms with Gasteiger partial charge < -0.3 is 5.73 Å². The Bertz CT molecular complexity index is 566. The fraction of sp³-hybridized carbons (Fsp3) is 0.100. The van der Waals surface area contributed by atoms with Gasteiger partial charge in [0.2, 0.25) is 0 Å². The molecule has 0 aliphatic rings. The highest BCUT2D eigenvalue weighted by Crippen LogP contribution is 2.28. The largest absolute Gasteiger partial charge is 0.383 e. The van der Waals surface area contributed by atoms with Gasteiger partial charge in [-0.1, -0.05) is 0 Å². The highest BCUT2D eigenvalue weighted by molar-refractivity contribution is 14.1. The Balaban J connectivity index is 2.61. The summed E-state index contributed by atoms with van der Waals surface area (Å²) in [4.78, 5) is 12.9. The van der Waals surface area contributed by atoms with Gasteiger partial charge in [-0.25, -0.2) is 9.97 Å². The van der Waals surface area contributed by atoms with Crippen molar-refractivity contribution < 1.29 is 0 Å². The second-order valence-electron chi connectivity index (χ2n) is 3.32. The van der Waals surface area contributed by atoms with Crippen molar-refractivity contribution >= 4 is 60.3 Å². The molecule has 0 saturated carbocycles. The standard InChI is InChI=1S/C10H7Br2IN4/c1-4-7(13)9(14)17-10(16-4)8-6(12)2-5(11)3-15-8/h2-3H,1H3,(H2,14,16,17). The Kier molecular flexibility index (Phi) is 3.99. The highest BCUT2D eigenvalue weighted by Gasteiger charge is 2.12. The van der Waals surface area contributed by atoms with E-state index in [9.17, 15) is 0 Å². The molecular weight excluding hydrogens is 463 g/mol. The van der Waals surface area contributed by atoms with Crippen LogP contribution in [0, 0.1) is 10.5 Å². The van der Waals surface area contributed by atoms with Gasteiger partial charge in [-0.2, -0.15) is 0 Å². The van der Waals surface area contributed by atoms with E-state index in [-0.39, 0.29) is 0 Å². The van der Waals surface area contributed by atoms with E-state index in [1.807, 2.05) is 13.0 Å². The van der Waals surface area contributed by atoms with Gasteiger partial charge >= 0.3 is 0 Å². The third-order valence-corrected chi connectivity index (χ3v) is 4.43. The summed E-state index contributed by atoms with van der Waals surface area (Å²) in [5.41, 5.74) is 7.36. The summed E-state index contributed by atoms with van der Waals surface area (Å²) >= 11 is 8.92. The average molecular weight is 470 g/mol. The molecule has 0 bridgehead atoms. The van der Waals surface area contributed by atoms with E-state index in [1.54, 1.807) is 6.20 Å². The maximum absolute atomic E-state index is 5.83. The van der Waals surface area contributed by atoms with Gasteiger partial charge in [-0.15, -0.1) is 0 Å². The summed E-state index contributed by atoms with van der Waals surface area (Å²) in [6.45, 7) is 1.90. The number of pyridine rings is 1. The van der Waals surface area contributed by atoms with E-state index in [0.29, 0.717) is 17.3 Å². The van der Waals surface area contributed by atoms with E-state index in [2.05, 4.69) is 69.4 Å². The van der Waals surface area contributed by atoms with Crippen LogP contribution in [0.1, 0.15) is 5.69 Å². The van der Waals surface area contributed by atoms with Crippen LogP contribution in [0.5, 0.6) is 0 Å². The number of aryl methyl sites for hydroxylation is 1. The summed E-state index contributed by atoms with van der Waals surface area (Å²) in [6.07, 6.45) is 1.70. The fourth-order valence-electron chi connectivity index (χ4n) is 1.27. The number of aromatic nitrogens is 3. The predicted octanol–water partition coefficient (Wildman–Crippen LogP) is 3.56. The average Bonchev–Trinajstić information content (AvgIpc) is 2.25. The number of anilines is 1. The molecule has 2 aromatic heterocycles. The van der Waals surface area contributed by atoms with Crippen molar-refractivity contribution in [3.63, 3.8) is 0 Å². The highest BCUT2D eigenvalue weighted by atomic mass is 127. The van der Waals surface area contributed by atoms with E-state index in [0.717, 1.165) is 18.2 Å². The van der Waals surface area contributed by atoms with Crippen LogP contribution >= 0.6 is 54.5 Å². The minimum atomic E-state index is 0.477. The molecule has 0 amide bonds. The third-order valence-electron chi connectivity index (χ3n) is 2.06. The van der Waals surface area contributed by atoms with Crippen LogP contribution in [0.4, 0.5) is 5.82 Å². The molecule has 17 heavy (non-hydrogen) atoms. The lowest BCUT2D eigenvalue weighted by Gasteiger charge is -2.06. The number of rotatable bonds is 1. The lowest BCUT2D eigenvalue weighted by atomic mass is 10.3. The summed E-state index contributed by atoms with van der Waals surface area (Å²) < 4.78 is 2.59. The van der Waals surface area contributed by atoms with E-state index < -0.39 is 0 Å². The molecule has 4 nitrogen and oxygen atoms in total. The second-order valence-corrected chi connectivity index (χ2v) is 6.16. The van der Waals surface area contributed by atoms with Crippen molar-refractivity contribution in [1.29, 1.82) is 0 Å². The molecule has 0 aromatic carbocycles. The fourth-order valence-corrected chi connectivity index (χ4v) is 2.67. The van der Waals surface area contributed by atoms with Gasteiger partial charge in [0.05, 0.1) is 9.26 Å².